The van der Waals surface area contributed by atoms with E-state index in [2.05, 4.69) is 20.9 Å². The molecule has 0 saturated heterocycles. The van der Waals surface area contributed by atoms with Gasteiger partial charge in [-0.3, -0.25) is 9.78 Å². The van der Waals surface area contributed by atoms with Gasteiger partial charge in [-0.2, -0.15) is 0 Å². The second-order valence-electron chi connectivity index (χ2n) is 1.68. The highest BCUT2D eigenvalue weighted by Crippen LogP contribution is 2.24. The van der Waals surface area contributed by atoms with Gasteiger partial charge in [-0.25, -0.2) is 0 Å². The Bertz CT molecular complexity index is 262. The number of carbonyl (C=O) groups is 1. The number of pyridine rings is 1. The molecule has 0 bridgehead atoms. The molecule has 0 spiro atoms. The molecule has 1 aromatic heterocycles. The summed E-state index contributed by atoms with van der Waals surface area (Å²) in [6.07, 6.45) is 3.25. The van der Waals surface area contributed by atoms with Gasteiger partial charge in [0.15, 0.2) is 6.29 Å². The predicted octanol–water partition coefficient (Wildman–Crippen LogP) is 1.36. The maximum atomic E-state index is 10.2. The lowest BCUT2D eigenvalue weighted by atomic mass is 10.3. The molecule has 1 aromatic rings. The molecular weight excluding hydrogens is 198 g/mol. The normalized spacial score (nSPS) is 9.30. The number of aromatic nitrogens is 1. The van der Waals surface area contributed by atoms with Crippen LogP contribution in [0.15, 0.2) is 16.9 Å². The lowest BCUT2D eigenvalue weighted by Gasteiger charge is -1.95. The molecule has 1 rings (SSSR count). The second kappa shape index (κ2) is 2.79. The molecule has 52 valence electrons. The summed E-state index contributed by atoms with van der Waals surface area (Å²) in [6.45, 7) is 0. The zero-order chi connectivity index (χ0) is 7.56. The molecule has 0 aliphatic carbocycles. The Labute approximate surface area is 65.8 Å². The van der Waals surface area contributed by atoms with Crippen molar-refractivity contribution < 1.29 is 9.90 Å². The zero-order valence-electron chi connectivity index (χ0n) is 4.91. The van der Waals surface area contributed by atoms with Gasteiger partial charge in [-0.05, 0) is 15.9 Å². The largest absolute Gasteiger partial charge is 0.505 e. The number of aldehydes is 1. The van der Waals surface area contributed by atoms with Crippen LogP contribution in [0.4, 0.5) is 0 Å². The smallest absolute Gasteiger partial charge is 0.152 e. The summed E-state index contributed by atoms with van der Waals surface area (Å²) in [5, 5.41) is 8.96. The third-order valence-corrected chi connectivity index (χ3v) is 1.88. The van der Waals surface area contributed by atoms with Crippen LogP contribution in [0.25, 0.3) is 0 Å². The van der Waals surface area contributed by atoms with Crippen LogP contribution in [-0.2, 0) is 0 Å². The summed E-state index contributed by atoms with van der Waals surface area (Å²) in [4.78, 5) is 13.8. The van der Waals surface area contributed by atoms with E-state index in [4.69, 9.17) is 5.11 Å². The van der Waals surface area contributed by atoms with Gasteiger partial charge < -0.3 is 5.11 Å². The molecule has 0 amide bonds. The summed E-state index contributed by atoms with van der Waals surface area (Å²) < 4.78 is 0.387. The van der Waals surface area contributed by atoms with Crippen LogP contribution in [0.3, 0.4) is 0 Å². The number of halogens is 1. The van der Waals surface area contributed by atoms with Crippen molar-refractivity contribution in [3.63, 3.8) is 0 Å². The summed E-state index contributed by atoms with van der Waals surface area (Å²) in [7, 11) is 0. The van der Waals surface area contributed by atoms with Crippen molar-refractivity contribution in [3.8, 4) is 5.75 Å². The minimum atomic E-state index is -0.0235. The molecule has 0 fully saturated rings. The van der Waals surface area contributed by atoms with Crippen LogP contribution >= 0.6 is 15.9 Å². The molecule has 0 saturated carbocycles. The molecule has 0 radical (unpaired) electrons. The average molecular weight is 202 g/mol. The van der Waals surface area contributed by atoms with Crippen LogP contribution in [0.2, 0.25) is 0 Å². The van der Waals surface area contributed by atoms with E-state index >= 15 is 0 Å². The summed E-state index contributed by atoms with van der Waals surface area (Å²) in [5.74, 6) is -0.0235. The van der Waals surface area contributed by atoms with E-state index in [1.807, 2.05) is 0 Å². The van der Waals surface area contributed by atoms with E-state index in [1.54, 1.807) is 0 Å². The minimum Gasteiger partial charge on any atom is -0.505 e. The van der Waals surface area contributed by atoms with Gasteiger partial charge >= 0.3 is 0 Å². The topological polar surface area (TPSA) is 50.2 Å². The Morgan fingerprint density at radius 2 is 2.30 bits per heavy atom. The van der Waals surface area contributed by atoms with Crippen molar-refractivity contribution in [1.29, 1.82) is 0 Å². The Balaban J connectivity index is 3.27. The van der Waals surface area contributed by atoms with E-state index < -0.39 is 0 Å². The lowest BCUT2D eigenvalue weighted by Crippen LogP contribution is -1.83. The van der Waals surface area contributed by atoms with Crippen LogP contribution in [0, 0.1) is 0 Å². The predicted molar refractivity (Wildman–Crippen MR) is 39.0 cm³/mol. The number of carbonyl (C=O) groups excluding carboxylic acids is 1. The van der Waals surface area contributed by atoms with Crippen LogP contribution in [0.5, 0.6) is 5.75 Å². The number of nitrogens with zero attached hydrogens (tertiary/aromatic N) is 1. The zero-order valence-corrected chi connectivity index (χ0v) is 6.50. The summed E-state index contributed by atoms with van der Waals surface area (Å²) in [5.41, 5.74) is 0.347. The monoisotopic (exact) mass is 201 g/mol. The van der Waals surface area contributed by atoms with E-state index in [-0.39, 0.29) is 5.75 Å². The van der Waals surface area contributed by atoms with Crippen LogP contribution in [0.1, 0.15) is 10.4 Å². The first-order chi connectivity index (χ1) is 4.75. The van der Waals surface area contributed by atoms with Gasteiger partial charge in [0.2, 0.25) is 0 Å². The highest BCUT2D eigenvalue weighted by atomic mass is 79.9. The van der Waals surface area contributed by atoms with Crippen LogP contribution < -0.4 is 0 Å². The minimum absolute atomic E-state index is 0.0235. The molecule has 0 aliphatic heterocycles. The number of aromatic hydroxyl groups is 1. The second-order valence-corrected chi connectivity index (χ2v) is 2.47. The molecule has 4 heteroatoms. The number of rotatable bonds is 1. The Hall–Kier alpha value is -0.900. The van der Waals surface area contributed by atoms with Gasteiger partial charge in [0, 0.05) is 6.20 Å². The number of hydrogen-bond donors (Lipinski definition) is 1. The quantitative estimate of drug-likeness (QED) is 0.699. The van der Waals surface area contributed by atoms with Gasteiger partial charge in [0.25, 0.3) is 0 Å². The molecule has 10 heavy (non-hydrogen) atoms. The van der Waals surface area contributed by atoms with Gasteiger partial charge in [-0.1, -0.05) is 0 Å². The summed E-state index contributed by atoms with van der Waals surface area (Å²) in [6, 6.07) is 0. The van der Waals surface area contributed by atoms with Crippen molar-refractivity contribution in [1.82, 2.24) is 4.98 Å². The maximum absolute atomic E-state index is 10.2. The standard InChI is InChI=1S/C6H4BrNO2/c7-6-4(3-9)1-8-2-5(6)10/h1-3,10H. The van der Waals surface area contributed by atoms with Crippen LogP contribution in [-0.4, -0.2) is 16.4 Å². The highest BCUT2D eigenvalue weighted by molar-refractivity contribution is 9.10. The maximum Gasteiger partial charge on any atom is 0.152 e. The lowest BCUT2D eigenvalue weighted by molar-refractivity contribution is 0.112. The third-order valence-electron chi connectivity index (χ3n) is 1.02. The first kappa shape index (κ1) is 7.21. The van der Waals surface area contributed by atoms with Crippen molar-refractivity contribution in [2.75, 3.05) is 0 Å². The van der Waals surface area contributed by atoms with E-state index in [1.165, 1.54) is 12.4 Å². The Morgan fingerprint density at radius 3 is 2.80 bits per heavy atom. The first-order valence-electron chi connectivity index (χ1n) is 2.53. The molecule has 1 heterocycles. The Kier molecular flexibility index (Phi) is 2.01. The van der Waals surface area contributed by atoms with Crippen molar-refractivity contribution in [2.45, 2.75) is 0 Å². The SMILES string of the molecule is O=Cc1cncc(O)c1Br. The van der Waals surface area contributed by atoms with Gasteiger partial charge in [-0.15, -0.1) is 0 Å². The van der Waals surface area contributed by atoms with E-state index in [0.29, 0.717) is 16.3 Å². The fourth-order valence-corrected chi connectivity index (χ4v) is 0.830. The molecule has 0 aliphatic rings. The molecule has 0 unspecified atom stereocenters. The van der Waals surface area contributed by atoms with Gasteiger partial charge in [0.05, 0.1) is 16.2 Å². The van der Waals surface area contributed by atoms with Crippen molar-refractivity contribution in [2.24, 2.45) is 0 Å². The third kappa shape index (κ3) is 1.16. The molecule has 3 nitrogen and oxygen atoms in total. The molecular formula is C6H4BrNO2. The fourth-order valence-electron chi connectivity index (χ4n) is 0.532. The number of hydrogen-bond acceptors (Lipinski definition) is 3. The van der Waals surface area contributed by atoms with Crippen molar-refractivity contribution >= 4 is 22.2 Å². The van der Waals surface area contributed by atoms with Crippen molar-refractivity contribution in [3.05, 3.63) is 22.4 Å². The van der Waals surface area contributed by atoms with Gasteiger partial charge in [0.1, 0.15) is 5.75 Å². The van der Waals surface area contributed by atoms with E-state index in [0.717, 1.165) is 0 Å². The molecule has 0 atom stereocenters. The Morgan fingerprint density at radius 1 is 1.60 bits per heavy atom. The van der Waals surface area contributed by atoms with E-state index in [9.17, 15) is 4.79 Å². The highest BCUT2D eigenvalue weighted by Gasteiger charge is 2.02. The average Bonchev–Trinajstić information content (AvgIpc) is 1.95. The summed E-state index contributed by atoms with van der Waals surface area (Å²) >= 11 is 3.02. The fraction of sp³-hybridized carbons (Fsp3) is 0. The molecule has 0 aromatic carbocycles. The molecule has 1 N–H and O–H groups in total. The first-order valence-corrected chi connectivity index (χ1v) is 3.32.